The van der Waals surface area contributed by atoms with Gasteiger partial charge in [-0.1, -0.05) is 36.4 Å². The highest BCUT2D eigenvalue weighted by Gasteiger charge is 2.18. The van der Waals surface area contributed by atoms with Gasteiger partial charge in [0, 0.05) is 23.8 Å². The lowest BCUT2D eigenvalue weighted by atomic mass is 10.0. The molecule has 0 unspecified atom stereocenters. The van der Waals surface area contributed by atoms with Crippen molar-refractivity contribution in [1.29, 1.82) is 0 Å². The molecule has 0 amide bonds. The van der Waals surface area contributed by atoms with E-state index in [0.717, 1.165) is 11.4 Å². The van der Waals surface area contributed by atoms with Crippen molar-refractivity contribution >= 4 is 28.8 Å². The molecule has 0 saturated heterocycles. The Bertz CT molecular complexity index is 995. The number of pyridine rings is 2. The zero-order valence-corrected chi connectivity index (χ0v) is 15.0. The van der Waals surface area contributed by atoms with E-state index in [1.165, 1.54) is 0 Å². The van der Waals surface area contributed by atoms with Crippen LogP contribution in [0.5, 0.6) is 0 Å². The third-order valence-electron chi connectivity index (χ3n) is 4.18. The molecule has 0 aliphatic heterocycles. The number of anilines is 4. The van der Waals surface area contributed by atoms with Crippen molar-refractivity contribution in [2.45, 2.75) is 0 Å². The maximum atomic E-state index is 13.3. The Morgan fingerprint density at radius 3 is 1.43 bits per heavy atom. The Kier molecular flexibility index (Phi) is 5.06. The zero-order chi connectivity index (χ0) is 19.2. The molecule has 2 aromatic carbocycles. The third kappa shape index (κ3) is 3.88. The summed E-state index contributed by atoms with van der Waals surface area (Å²) in [5.41, 5.74) is 2.69. The van der Waals surface area contributed by atoms with Crippen LogP contribution in [0.2, 0.25) is 0 Å². The summed E-state index contributed by atoms with van der Waals surface area (Å²) >= 11 is 0. The predicted molar refractivity (Wildman–Crippen MR) is 111 cm³/mol. The smallest absolute Gasteiger partial charge is 0.200 e. The minimum absolute atomic E-state index is 0.155. The second kappa shape index (κ2) is 8.14. The molecule has 5 heteroatoms. The normalized spacial score (nSPS) is 10.3. The molecule has 2 heterocycles. The topological polar surface area (TPSA) is 66.9 Å². The molecule has 0 aliphatic rings. The van der Waals surface area contributed by atoms with E-state index < -0.39 is 0 Å². The summed E-state index contributed by atoms with van der Waals surface area (Å²) in [6.45, 7) is 0. The number of rotatable bonds is 6. The van der Waals surface area contributed by atoms with E-state index in [-0.39, 0.29) is 5.78 Å². The second-order valence-corrected chi connectivity index (χ2v) is 6.11. The van der Waals surface area contributed by atoms with Crippen LogP contribution in [0.3, 0.4) is 0 Å². The van der Waals surface area contributed by atoms with Crippen molar-refractivity contribution in [3.8, 4) is 0 Å². The van der Waals surface area contributed by atoms with Gasteiger partial charge < -0.3 is 10.6 Å². The van der Waals surface area contributed by atoms with Crippen LogP contribution in [0.25, 0.3) is 0 Å². The Morgan fingerprint density at radius 2 is 1.00 bits per heavy atom. The monoisotopic (exact) mass is 366 g/mol. The maximum absolute atomic E-state index is 13.3. The summed E-state index contributed by atoms with van der Waals surface area (Å²) in [5, 5.41) is 6.44. The minimum atomic E-state index is -0.155. The quantitative estimate of drug-likeness (QED) is 0.459. The van der Waals surface area contributed by atoms with Gasteiger partial charge in [-0.05, 0) is 48.5 Å². The molecule has 0 fully saturated rings. The Morgan fingerprint density at radius 1 is 0.571 bits per heavy atom. The number of hydrogen-bond acceptors (Lipinski definition) is 5. The van der Waals surface area contributed by atoms with Crippen molar-refractivity contribution in [3.05, 3.63) is 108 Å². The standard InChI is InChI=1S/C23H18N4O/c28-21(19-13-7-15-24-22(19)26-17-9-3-1-4-10-17)20-14-8-16-25-23(20)27-18-11-5-2-6-12-18/h1-16H,(H,24,26)(H,25,27). The zero-order valence-electron chi connectivity index (χ0n) is 15.0. The van der Waals surface area contributed by atoms with Crippen molar-refractivity contribution in [3.63, 3.8) is 0 Å². The number of nitrogens with zero attached hydrogens (tertiary/aromatic N) is 2. The largest absolute Gasteiger partial charge is 0.340 e. The molecule has 0 atom stereocenters. The van der Waals surface area contributed by atoms with Crippen LogP contribution in [-0.2, 0) is 0 Å². The van der Waals surface area contributed by atoms with Gasteiger partial charge in [-0.25, -0.2) is 9.97 Å². The summed E-state index contributed by atoms with van der Waals surface area (Å²) in [5.74, 6) is 0.861. The summed E-state index contributed by atoms with van der Waals surface area (Å²) in [7, 11) is 0. The van der Waals surface area contributed by atoms with Crippen LogP contribution >= 0.6 is 0 Å². The fourth-order valence-electron chi connectivity index (χ4n) is 2.84. The highest BCUT2D eigenvalue weighted by Crippen LogP contribution is 2.25. The number of hydrogen-bond donors (Lipinski definition) is 2. The average molecular weight is 366 g/mol. The van der Waals surface area contributed by atoms with Crippen molar-refractivity contribution in [2.75, 3.05) is 10.6 Å². The van der Waals surface area contributed by atoms with Gasteiger partial charge in [-0.2, -0.15) is 0 Å². The number of nitrogens with one attached hydrogen (secondary N) is 2. The lowest BCUT2D eigenvalue weighted by Crippen LogP contribution is -2.10. The van der Waals surface area contributed by atoms with Crippen molar-refractivity contribution < 1.29 is 4.79 Å². The van der Waals surface area contributed by atoms with Crippen LogP contribution in [0.15, 0.2) is 97.3 Å². The fraction of sp³-hybridized carbons (Fsp3) is 0. The summed E-state index contributed by atoms with van der Waals surface area (Å²) in [4.78, 5) is 22.0. The summed E-state index contributed by atoms with van der Waals surface area (Å²) < 4.78 is 0. The van der Waals surface area contributed by atoms with Gasteiger partial charge in [-0.15, -0.1) is 0 Å². The molecule has 136 valence electrons. The summed E-state index contributed by atoms with van der Waals surface area (Å²) in [6.07, 6.45) is 3.32. The van der Waals surface area contributed by atoms with Crippen LogP contribution in [0.4, 0.5) is 23.0 Å². The van der Waals surface area contributed by atoms with E-state index in [1.807, 2.05) is 60.7 Å². The molecule has 0 saturated carbocycles. The van der Waals surface area contributed by atoms with Gasteiger partial charge in [0.2, 0.25) is 0 Å². The van der Waals surface area contributed by atoms with E-state index in [2.05, 4.69) is 20.6 Å². The Labute approximate surface area is 163 Å². The summed E-state index contributed by atoms with van der Waals surface area (Å²) in [6, 6.07) is 26.3. The first-order valence-corrected chi connectivity index (χ1v) is 8.90. The number of ketones is 1. The molecule has 4 rings (SSSR count). The molecular formula is C23H18N4O. The lowest BCUT2D eigenvalue weighted by molar-refractivity contribution is 0.104. The Hall–Kier alpha value is -3.99. The van der Waals surface area contributed by atoms with Gasteiger partial charge >= 0.3 is 0 Å². The lowest BCUT2D eigenvalue weighted by Gasteiger charge is -2.13. The highest BCUT2D eigenvalue weighted by atomic mass is 16.1. The third-order valence-corrected chi connectivity index (χ3v) is 4.18. The molecule has 5 nitrogen and oxygen atoms in total. The van der Waals surface area contributed by atoms with Gasteiger partial charge in [0.25, 0.3) is 0 Å². The van der Waals surface area contributed by atoms with Crippen molar-refractivity contribution in [2.24, 2.45) is 0 Å². The maximum Gasteiger partial charge on any atom is 0.200 e. The number of carbonyl (C=O) groups excluding carboxylic acids is 1. The van der Waals surface area contributed by atoms with Gasteiger partial charge in [0.05, 0.1) is 11.1 Å². The number of para-hydroxylation sites is 2. The van der Waals surface area contributed by atoms with Crippen LogP contribution < -0.4 is 10.6 Å². The minimum Gasteiger partial charge on any atom is -0.340 e. The molecule has 2 aromatic heterocycles. The van der Waals surface area contributed by atoms with E-state index >= 15 is 0 Å². The van der Waals surface area contributed by atoms with Crippen LogP contribution in [-0.4, -0.2) is 15.8 Å². The average Bonchev–Trinajstić information content (AvgIpc) is 2.76. The first-order valence-electron chi connectivity index (χ1n) is 8.90. The molecule has 0 radical (unpaired) electrons. The fourth-order valence-corrected chi connectivity index (χ4v) is 2.84. The molecule has 28 heavy (non-hydrogen) atoms. The van der Waals surface area contributed by atoms with Crippen LogP contribution in [0, 0.1) is 0 Å². The first kappa shape index (κ1) is 17.4. The van der Waals surface area contributed by atoms with Gasteiger partial charge in [0.1, 0.15) is 11.6 Å². The number of benzene rings is 2. The predicted octanol–water partition coefficient (Wildman–Crippen LogP) is 5.19. The van der Waals surface area contributed by atoms with E-state index in [4.69, 9.17) is 0 Å². The SMILES string of the molecule is O=C(c1cccnc1Nc1ccccc1)c1cccnc1Nc1ccccc1. The van der Waals surface area contributed by atoms with Crippen LogP contribution in [0.1, 0.15) is 15.9 Å². The molecule has 0 aliphatic carbocycles. The molecular weight excluding hydrogens is 348 g/mol. The van der Waals surface area contributed by atoms with E-state index in [0.29, 0.717) is 22.8 Å². The van der Waals surface area contributed by atoms with Crippen molar-refractivity contribution in [1.82, 2.24) is 9.97 Å². The first-order chi connectivity index (χ1) is 13.8. The number of aromatic nitrogens is 2. The van der Waals surface area contributed by atoms with Gasteiger partial charge in [0.15, 0.2) is 5.78 Å². The van der Waals surface area contributed by atoms with Gasteiger partial charge in [-0.3, -0.25) is 4.79 Å². The molecule has 0 spiro atoms. The molecule has 0 bridgehead atoms. The Balaban J connectivity index is 1.67. The second-order valence-electron chi connectivity index (χ2n) is 6.11. The number of carbonyl (C=O) groups is 1. The molecule has 4 aromatic rings. The van der Waals surface area contributed by atoms with E-state index in [9.17, 15) is 4.79 Å². The highest BCUT2D eigenvalue weighted by molar-refractivity contribution is 6.14. The van der Waals surface area contributed by atoms with E-state index in [1.54, 1.807) is 36.7 Å². The molecule has 2 N–H and O–H groups in total.